The van der Waals surface area contributed by atoms with Crippen LogP contribution in [-0.2, 0) is 20.9 Å². The van der Waals surface area contributed by atoms with Gasteiger partial charge >= 0.3 is 5.97 Å². The summed E-state index contributed by atoms with van der Waals surface area (Å²) in [6, 6.07) is 8.91. The molecule has 1 heterocycles. The van der Waals surface area contributed by atoms with Gasteiger partial charge in [0.1, 0.15) is 12.6 Å². The number of carbonyl (C=O) groups is 2. The molecule has 4 saturated carbocycles. The Morgan fingerprint density at radius 3 is 2.21 bits per heavy atom. The number of likely N-dealkylation sites (tertiary alicyclic amines) is 1. The molecule has 2 atom stereocenters. The normalized spacial score (nSPS) is 38.6. The zero-order chi connectivity index (χ0) is 19.3. The summed E-state index contributed by atoms with van der Waals surface area (Å²) in [7, 11) is 0. The highest BCUT2D eigenvalue weighted by Gasteiger charge is 2.57. The highest BCUT2D eigenvalue weighted by molar-refractivity contribution is 5.89. The molecule has 0 spiro atoms. The SMILES string of the molecule is O=C(OCc1ccccc1)C1CC(O)CN1C(=O)C12CC3CC(CC(C3)C1)C2. The van der Waals surface area contributed by atoms with E-state index in [1.807, 2.05) is 30.3 Å². The average Bonchev–Trinajstić information content (AvgIpc) is 3.07. The fourth-order valence-electron chi connectivity index (χ4n) is 6.76. The predicted octanol–water partition coefficient (Wildman–Crippen LogP) is 2.91. The monoisotopic (exact) mass is 383 g/mol. The second-order valence-electron chi connectivity index (χ2n) is 9.65. The molecule has 4 bridgehead atoms. The molecule has 6 rings (SSSR count). The van der Waals surface area contributed by atoms with Crippen LogP contribution >= 0.6 is 0 Å². The second-order valence-corrected chi connectivity index (χ2v) is 9.65. The zero-order valence-corrected chi connectivity index (χ0v) is 16.3. The Labute approximate surface area is 166 Å². The van der Waals surface area contributed by atoms with Crippen molar-refractivity contribution in [1.29, 1.82) is 0 Å². The van der Waals surface area contributed by atoms with Crippen molar-refractivity contribution >= 4 is 11.9 Å². The van der Waals surface area contributed by atoms with Crippen LogP contribution in [0.25, 0.3) is 0 Å². The fraction of sp³-hybridized carbons (Fsp3) is 0.652. The van der Waals surface area contributed by atoms with E-state index in [0.29, 0.717) is 17.8 Å². The number of benzene rings is 1. The molecule has 5 heteroatoms. The Bertz CT molecular complexity index is 726. The first-order valence-corrected chi connectivity index (χ1v) is 10.7. The van der Waals surface area contributed by atoms with Crippen LogP contribution in [0, 0.1) is 23.2 Å². The minimum absolute atomic E-state index is 0.102. The number of esters is 1. The first-order chi connectivity index (χ1) is 13.5. The molecule has 5 nitrogen and oxygen atoms in total. The molecule has 5 fully saturated rings. The third-order valence-electron chi connectivity index (χ3n) is 7.53. The molecule has 1 aromatic rings. The standard InChI is InChI=1S/C23H29NO4/c25-19-9-20(21(26)28-14-15-4-2-1-3-5-15)24(13-19)22(27)23-10-16-6-17(11-23)8-18(7-16)12-23/h1-5,16-20,25H,6-14H2. The van der Waals surface area contributed by atoms with Crippen molar-refractivity contribution in [3.63, 3.8) is 0 Å². The highest BCUT2D eigenvalue weighted by Crippen LogP contribution is 2.60. The number of hydrogen-bond donors (Lipinski definition) is 1. The summed E-state index contributed by atoms with van der Waals surface area (Å²) < 4.78 is 5.52. The van der Waals surface area contributed by atoms with Crippen molar-refractivity contribution in [3.05, 3.63) is 35.9 Å². The zero-order valence-electron chi connectivity index (χ0n) is 16.3. The van der Waals surface area contributed by atoms with E-state index < -0.39 is 18.1 Å². The number of hydrogen-bond acceptors (Lipinski definition) is 4. The lowest BCUT2D eigenvalue weighted by Gasteiger charge is -2.56. The lowest BCUT2D eigenvalue weighted by atomic mass is 9.49. The summed E-state index contributed by atoms with van der Waals surface area (Å²) >= 11 is 0. The minimum Gasteiger partial charge on any atom is -0.459 e. The maximum Gasteiger partial charge on any atom is 0.329 e. The number of ether oxygens (including phenoxy) is 1. The third-order valence-corrected chi connectivity index (χ3v) is 7.53. The maximum absolute atomic E-state index is 13.6. The van der Waals surface area contributed by atoms with Gasteiger partial charge in [-0.1, -0.05) is 30.3 Å². The Morgan fingerprint density at radius 1 is 1.00 bits per heavy atom. The van der Waals surface area contributed by atoms with E-state index in [1.54, 1.807) is 4.90 Å². The molecule has 28 heavy (non-hydrogen) atoms. The summed E-state index contributed by atoms with van der Waals surface area (Å²) in [6.07, 6.45) is 6.37. The van der Waals surface area contributed by atoms with Crippen molar-refractivity contribution in [2.45, 2.75) is 63.7 Å². The number of nitrogens with zero attached hydrogens (tertiary/aromatic N) is 1. The van der Waals surface area contributed by atoms with Crippen molar-refractivity contribution in [2.24, 2.45) is 23.2 Å². The van der Waals surface area contributed by atoms with Crippen LogP contribution in [0.2, 0.25) is 0 Å². The van der Waals surface area contributed by atoms with Crippen LogP contribution in [-0.4, -0.2) is 40.6 Å². The fourth-order valence-corrected chi connectivity index (χ4v) is 6.76. The molecular formula is C23H29NO4. The smallest absolute Gasteiger partial charge is 0.329 e. The quantitative estimate of drug-likeness (QED) is 0.812. The highest BCUT2D eigenvalue weighted by atomic mass is 16.5. The van der Waals surface area contributed by atoms with Crippen LogP contribution in [0.5, 0.6) is 0 Å². The molecule has 2 unspecified atom stereocenters. The van der Waals surface area contributed by atoms with Gasteiger partial charge in [-0.3, -0.25) is 4.79 Å². The third kappa shape index (κ3) is 3.14. The molecule has 5 aliphatic rings. The first kappa shape index (κ1) is 18.2. The van der Waals surface area contributed by atoms with Gasteiger partial charge in [0, 0.05) is 13.0 Å². The number of rotatable bonds is 4. The topological polar surface area (TPSA) is 66.8 Å². The average molecular weight is 383 g/mol. The van der Waals surface area contributed by atoms with Crippen molar-refractivity contribution < 1.29 is 19.4 Å². The summed E-state index contributed by atoms with van der Waals surface area (Å²) in [5.41, 5.74) is 0.630. The molecule has 4 aliphatic carbocycles. The van der Waals surface area contributed by atoms with Gasteiger partial charge in [-0.05, 0) is 61.8 Å². The molecule has 1 aromatic carbocycles. The van der Waals surface area contributed by atoms with E-state index in [4.69, 9.17) is 4.74 Å². The lowest BCUT2D eigenvalue weighted by molar-refractivity contribution is -0.166. The summed E-state index contributed by atoms with van der Waals surface area (Å²) in [4.78, 5) is 28.1. The van der Waals surface area contributed by atoms with E-state index in [0.717, 1.165) is 24.8 Å². The van der Waals surface area contributed by atoms with E-state index in [2.05, 4.69) is 0 Å². The second kappa shape index (κ2) is 6.87. The molecular weight excluding hydrogens is 354 g/mol. The van der Waals surface area contributed by atoms with Gasteiger partial charge in [0.2, 0.25) is 5.91 Å². The van der Waals surface area contributed by atoms with Crippen LogP contribution in [0.3, 0.4) is 0 Å². The number of β-amino-alcohol motifs (C(OH)–C–C–N with tert-alkyl or cyclic N) is 1. The first-order valence-electron chi connectivity index (χ1n) is 10.7. The van der Waals surface area contributed by atoms with Crippen molar-refractivity contribution in [1.82, 2.24) is 4.90 Å². The molecule has 1 aliphatic heterocycles. The Balaban J connectivity index is 1.30. The molecule has 0 radical (unpaired) electrons. The largest absolute Gasteiger partial charge is 0.459 e. The lowest BCUT2D eigenvalue weighted by Crippen LogP contribution is -2.56. The molecule has 150 valence electrons. The summed E-state index contributed by atoms with van der Waals surface area (Å²) in [5.74, 6) is 1.73. The Kier molecular flexibility index (Phi) is 4.46. The van der Waals surface area contributed by atoms with Gasteiger partial charge in [0.05, 0.1) is 11.5 Å². The maximum atomic E-state index is 13.6. The summed E-state index contributed by atoms with van der Waals surface area (Å²) in [6.45, 7) is 0.456. The summed E-state index contributed by atoms with van der Waals surface area (Å²) in [5, 5.41) is 10.2. The van der Waals surface area contributed by atoms with Crippen LogP contribution < -0.4 is 0 Å². The van der Waals surface area contributed by atoms with E-state index >= 15 is 0 Å². The van der Waals surface area contributed by atoms with E-state index in [-0.39, 0.29) is 30.9 Å². The Morgan fingerprint density at radius 2 is 1.61 bits per heavy atom. The van der Waals surface area contributed by atoms with Gasteiger partial charge < -0.3 is 14.7 Å². The molecule has 0 aromatic heterocycles. The Hall–Kier alpha value is -1.88. The van der Waals surface area contributed by atoms with Crippen LogP contribution in [0.1, 0.15) is 50.5 Å². The van der Waals surface area contributed by atoms with E-state index in [1.165, 1.54) is 19.3 Å². The van der Waals surface area contributed by atoms with Crippen molar-refractivity contribution in [2.75, 3.05) is 6.54 Å². The van der Waals surface area contributed by atoms with Gasteiger partial charge in [0.15, 0.2) is 0 Å². The van der Waals surface area contributed by atoms with E-state index in [9.17, 15) is 14.7 Å². The van der Waals surface area contributed by atoms with Crippen LogP contribution in [0.15, 0.2) is 30.3 Å². The van der Waals surface area contributed by atoms with Gasteiger partial charge in [0.25, 0.3) is 0 Å². The van der Waals surface area contributed by atoms with Gasteiger partial charge in [-0.15, -0.1) is 0 Å². The van der Waals surface area contributed by atoms with Gasteiger partial charge in [-0.2, -0.15) is 0 Å². The molecule has 1 saturated heterocycles. The number of aliphatic hydroxyl groups excluding tert-OH is 1. The molecule has 1 N–H and O–H groups in total. The predicted molar refractivity (Wildman–Crippen MR) is 103 cm³/mol. The van der Waals surface area contributed by atoms with Crippen molar-refractivity contribution in [3.8, 4) is 0 Å². The van der Waals surface area contributed by atoms with Crippen LogP contribution in [0.4, 0.5) is 0 Å². The van der Waals surface area contributed by atoms with Gasteiger partial charge in [-0.25, -0.2) is 4.79 Å². The number of aliphatic hydroxyl groups is 1. The molecule has 1 amide bonds. The number of amides is 1. The number of carbonyl (C=O) groups excluding carboxylic acids is 2. The minimum atomic E-state index is -0.654.